The van der Waals surface area contributed by atoms with Gasteiger partial charge in [-0.2, -0.15) is 0 Å². The number of hydrogen-bond acceptors (Lipinski definition) is 6. The van der Waals surface area contributed by atoms with E-state index in [2.05, 4.69) is 41.2 Å². The van der Waals surface area contributed by atoms with E-state index in [0.717, 1.165) is 68.2 Å². The fourth-order valence-corrected chi connectivity index (χ4v) is 6.19. The number of amides is 1. The van der Waals surface area contributed by atoms with Crippen molar-refractivity contribution in [1.29, 1.82) is 0 Å². The monoisotopic (exact) mass is 563 g/mol. The van der Waals surface area contributed by atoms with Gasteiger partial charge >= 0.3 is 0 Å². The smallest absolute Gasteiger partial charge is 0.269 e. The first kappa shape index (κ1) is 27.6. The molecule has 4 aromatic rings. The Labute approximate surface area is 246 Å². The van der Waals surface area contributed by atoms with Crippen LogP contribution in [0, 0.1) is 5.92 Å². The van der Waals surface area contributed by atoms with Crippen LogP contribution in [-0.2, 0) is 0 Å². The summed E-state index contributed by atoms with van der Waals surface area (Å²) in [6, 6.07) is 25.4. The van der Waals surface area contributed by atoms with Crippen molar-refractivity contribution < 1.29 is 14.3 Å². The summed E-state index contributed by atoms with van der Waals surface area (Å²) >= 11 is 0. The van der Waals surface area contributed by atoms with Gasteiger partial charge in [0.25, 0.3) is 5.91 Å². The van der Waals surface area contributed by atoms with E-state index in [1.165, 1.54) is 5.56 Å². The molecule has 3 N–H and O–H groups in total. The van der Waals surface area contributed by atoms with Gasteiger partial charge in [0.2, 0.25) is 0 Å². The van der Waals surface area contributed by atoms with E-state index in [1.807, 2.05) is 59.3 Å². The quantitative estimate of drug-likeness (QED) is 0.263. The lowest BCUT2D eigenvalue weighted by atomic mass is 9.81. The number of carbonyl (C=O) groups is 1. The van der Waals surface area contributed by atoms with Crippen LogP contribution in [0.2, 0.25) is 0 Å². The van der Waals surface area contributed by atoms with Crippen molar-refractivity contribution >= 4 is 11.5 Å². The number of ether oxygens (including phenoxy) is 2. The highest BCUT2D eigenvalue weighted by molar-refractivity contribution is 5.97. The number of nitrogens with zero attached hydrogens (tertiary/aromatic N) is 3. The van der Waals surface area contributed by atoms with Crippen LogP contribution in [0.5, 0.6) is 17.2 Å². The van der Waals surface area contributed by atoms with Gasteiger partial charge < -0.3 is 20.6 Å². The number of nitrogens with two attached hydrogens (primary N) is 1. The molecule has 1 saturated heterocycles. The van der Waals surface area contributed by atoms with E-state index in [9.17, 15) is 4.79 Å². The molecule has 0 spiro atoms. The topological polar surface area (TPSA) is 94.6 Å². The first-order valence-electron chi connectivity index (χ1n) is 14.5. The SMILES string of the molecule is C=C(CN1CCC(C2CCNn3c2nc(-c2ccc(Oc4ccc(OC)cc4)cc2)c3C(N)=O)CC1)c1ccccc1. The second-order valence-corrected chi connectivity index (χ2v) is 11.1. The summed E-state index contributed by atoms with van der Waals surface area (Å²) in [5, 5.41) is 0. The molecule has 8 nitrogen and oxygen atoms in total. The number of fused-ring (bicyclic) bond motifs is 1. The molecule has 1 atom stereocenters. The average molecular weight is 564 g/mol. The van der Waals surface area contributed by atoms with Crippen LogP contribution in [0.3, 0.4) is 0 Å². The molecule has 0 radical (unpaired) electrons. The number of hydrogen-bond donors (Lipinski definition) is 2. The van der Waals surface area contributed by atoms with Gasteiger partial charge in [0.05, 0.1) is 7.11 Å². The van der Waals surface area contributed by atoms with Gasteiger partial charge in [-0.1, -0.05) is 36.9 Å². The Morgan fingerprint density at radius 1 is 0.952 bits per heavy atom. The van der Waals surface area contributed by atoms with Crippen LogP contribution < -0.4 is 20.6 Å². The standard InChI is InChI=1S/C34H37N5O3/c1-23(24-6-4-3-5-7-24)22-38-20-17-25(18-21-38)30-16-19-36-39-32(33(35)40)31(37-34(30)39)26-8-10-28(11-9-26)42-29-14-12-27(41-2)13-15-29/h3-15,25,30,36H,1,16-22H2,2H3,(H2,35,40). The lowest BCUT2D eigenvalue weighted by molar-refractivity contribution is 0.0992. The number of piperidine rings is 1. The van der Waals surface area contributed by atoms with Crippen LogP contribution in [0.1, 0.15) is 47.1 Å². The zero-order valence-corrected chi connectivity index (χ0v) is 24.0. The summed E-state index contributed by atoms with van der Waals surface area (Å²) in [5.74, 6) is 3.32. The third-order valence-corrected chi connectivity index (χ3v) is 8.41. The average Bonchev–Trinajstić information content (AvgIpc) is 3.43. The van der Waals surface area contributed by atoms with Gasteiger partial charge in [-0.3, -0.25) is 9.69 Å². The minimum atomic E-state index is -0.496. The molecule has 42 heavy (non-hydrogen) atoms. The second-order valence-electron chi connectivity index (χ2n) is 11.1. The molecule has 2 aliphatic heterocycles. The predicted molar refractivity (Wildman–Crippen MR) is 165 cm³/mol. The summed E-state index contributed by atoms with van der Waals surface area (Å²) < 4.78 is 13.0. The normalized spacial score (nSPS) is 17.2. The van der Waals surface area contributed by atoms with E-state index >= 15 is 0 Å². The maximum Gasteiger partial charge on any atom is 0.269 e. The Balaban J connectivity index is 1.17. The van der Waals surface area contributed by atoms with Gasteiger partial charge in [0.1, 0.15) is 28.8 Å². The number of nitrogens with one attached hydrogen (secondary N) is 1. The minimum absolute atomic E-state index is 0.259. The van der Waals surface area contributed by atoms with Crippen LogP contribution in [0.4, 0.5) is 0 Å². The second kappa shape index (κ2) is 12.1. The molecule has 216 valence electrons. The molecule has 6 rings (SSSR count). The van der Waals surface area contributed by atoms with Gasteiger partial charge in [0, 0.05) is 24.6 Å². The molecule has 1 amide bonds. The summed E-state index contributed by atoms with van der Waals surface area (Å²) in [6.07, 6.45) is 3.14. The molecule has 8 heteroatoms. The minimum Gasteiger partial charge on any atom is -0.497 e. The first-order chi connectivity index (χ1) is 20.5. The van der Waals surface area contributed by atoms with Crippen LogP contribution in [0.25, 0.3) is 16.8 Å². The number of likely N-dealkylation sites (tertiary alicyclic amines) is 1. The number of benzene rings is 3. The number of primary amides is 1. The highest BCUT2D eigenvalue weighted by Gasteiger charge is 2.36. The molecule has 1 unspecified atom stereocenters. The van der Waals surface area contributed by atoms with Crippen molar-refractivity contribution in [3.05, 3.63) is 103 Å². The van der Waals surface area contributed by atoms with Crippen molar-refractivity contribution in [2.45, 2.75) is 25.2 Å². The van der Waals surface area contributed by atoms with Gasteiger partial charge in [-0.25, -0.2) is 9.66 Å². The van der Waals surface area contributed by atoms with Crippen molar-refractivity contribution in [3.8, 4) is 28.5 Å². The van der Waals surface area contributed by atoms with Crippen LogP contribution in [-0.4, -0.2) is 53.8 Å². The number of rotatable bonds is 9. The van der Waals surface area contributed by atoms with Gasteiger partial charge in [0.15, 0.2) is 5.69 Å². The number of carbonyl (C=O) groups excluding carboxylic acids is 1. The molecule has 1 aromatic heterocycles. The highest BCUT2D eigenvalue weighted by Crippen LogP contribution is 2.39. The van der Waals surface area contributed by atoms with Crippen LogP contribution in [0.15, 0.2) is 85.4 Å². The zero-order valence-electron chi connectivity index (χ0n) is 24.0. The molecule has 2 aliphatic rings. The Morgan fingerprint density at radius 2 is 1.60 bits per heavy atom. The van der Waals surface area contributed by atoms with Crippen molar-refractivity contribution in [1.82, 2.24) is 14.6 Å². The molecular weight excluding hydrogens is 526 g/mol. The third kappa shape index (κ3) is 5.76. The Hall–Kier alpha value is -4.56. The lowest BCUT2D eigenvalue weighted by Crippen LogP contribution is -2.40. The Bertz CT molecular complexity index is 1540. The third-order valence-electron chi connectivity index (χ3n) is 8.41. The van der Waals surface area contributed by atoms with E-state index in [1.54, 1.807) is 7.11 Å². The molecular formula is C34H37N5O3. The molecule has 3 aromatic carbocycles. The van der Waals surface area contributed by atoms with E-state index in [0.29, 0.717) is 28.8 Å². The summed E-state index contributed by atoms with van der Waals surface area (Å²) in [6.45, 7) is 8.02. The molecule has 0 aliphatic carbocycles. The fourth-order valence-electron chi connectivity index (χ4n) is 6.19. The van der Waals surface area contributed by atoms with Gasteiger partial charge in [-0.15, -0.1) is 0 Å². The lowest BCUT2D eigenvalue weighted by Gasteiger charge is -2.38. The molecule has 3 heterocycles. The largest absolute Gasteiger partial charge is 0.497 e. The summed E-state index contributed by atoms with van der Waals surface area (Å²) in [5.41, 5.74) is 13.5. The van der Waals surface area contributed by atoms with Crippen LogP contribution >= 0.6 is 0 Å². The maximum atomic E-state index is 12.7. The van der Waals surface area contributed by atoms with E-state index in [4.69, 9.17) is 20.2 Å². The Kier molecular flexibility index (Phi) is 7.97. The van der Waals surface area contributed by atoms with Crippen molar-refractivity contribution in [2.75, 3.05) is 38.7 Å². The highest BCUT2D eigenvalue weighted by atomic mass is 16.5. The van der Waals surface area contributed by atoms with Crippen molar-refractivity contribution in [2.24, 2.45) is 11.7 Å². The van der Waals surface area contributed by atoms with E-state index in [-0.39, 0.29) is 5.92 Å². The number of imidazole rings is 1. The molecule has 0 saturated carbocycles. The predicted octanol–water partition coefficient (Wildman–Crippen LogP) is 5.91. The fraction of sp³-hybridized carbons (Fsp3) is 0.294. The maximum absolute atomic E-state index is 12.7. The number of methoxy groups -OCH3 is 1. The first-order valence-corrected chi connectivity index (χ1v) is 14.5. The summed E-state index contributed by atoms with van der Waals surface area (Å²) in [7, 11) is 1.63. The number of aromatic nitrogens is 2. The zero-order chi connectivity index (χ0) is 29.1. The molecule has 1 fully saturated rings. The molecule has 0 bridgehead atoms. The van der Waals surface area contributed by atoms with E-state index < -0.39 is 5.91 Å². The summed E-state index contributed by atoms with van der Waals surface area (Å²) in [4.78, 5) is 20.3. The van der Waals surface area contributed by atoms with Crippen molar-refractivity contribution in [3.63, 3.8) is 0 Å². The Morgan fingerprint density at radius 3 is 2.24 bits per heavy atom. The van der Waals surface area contributed by atoms with Gasteiger partial charge in [-0.05, 0) is 97.9 Å².